The quantitative estimate of drug-likeness (QED) is 0.689. The predicted molar refractivity (Wildman–Crippen MR) is 112 cm³/mol. The topological polar surface area (TPSA) is 66.9 Å². The summed E-state index contributed by atoms with van der Waals surface area (Å²) in [4.78, 5) is 41.2. The van der Waals surface area contributed by atoms with Crippen LogP contribution in [0, 0.1) is 0 Å². The molecule has 3 aliphatic rings. The second-order valence-electron chi connectivity index (χ2n) is 8.26. The molecule has 156 valence electrons. The summed E-state index contributed by atoms with van der Waals surface area (Å²) in [6, 6.07) is 9.16. The van der Waals surface area contributed by atoms with Crippen molar-refractivity contribution in [3.63, 3.8) is 0 Å². The Kier molecular flexibility index (Phi) is 5.86. The van der Waals surface area contributed by atoms with E-state index in [9.17, 15) is 14.4 Å². The van der Waals surface area contributed by atoms with Crippen LogP contribution in [0.15, 0.2) is 30.3 Å². The van der Waals surface area contributed by atoms with Crippen molar-refractivity contribution in [1.82, 2.24) is 4.90 Å². The van der Waals surface area contributed by atoms with Crippen molar-refractivity contribution in [3.05, 3.63) is 30.3 Å². The zero-order chi connectivity index (χ0) is 20.4. The molecule has 3 fully saturated rings. The molecule has 0 unspecified atom stereocenters. The lowest BCUT2D eigenvalue weighted by Gasteiger charge is -2.34. The molecule has 0 radical (unpaired) electrons. The second kappa shape index (κ2) is 8.38. The Morgan fingerprint density at radius 1 is 1.21 bits per heavy atom. The van der Waals surface area contributed by atoms with E-state index in [1.807, 2.05) is 37.3 Å². The number of carbonyl (C=O) groups is 3. The highest BCUT2D eigenvalue weighted by Crippen LogP contribution is 2.47. The molecular weight excluding hydrogens is 388 g/mol. The third kappa shape index (κ3) is 4.02. The van der Waals surface area contributed by atoms with Gasteiger partial charge in [-0.05, 0) is 38.3 Å². The SMILES string of the molecule is C[C@@]12CCC(=O)N1[C@H](C(=O)OCC(=O)N(c1ccccc1)C1CCCCC1)CS2. The maximum absolute atomic E-state index is 13.1. The molecule has 2 atom stereocenters. The van der Waals surface area contributed by atoms with Crippen molar-refractivity contribution in [2.45, 2.75) is 68.8 Å². The summed E-state index contributed by atoms with van der Waals surface area (Å²) in [5.74, 6) is -0.140. The van der Waals surface area contributed by atoms with Crippen LogP contribution in [0.25, 0.3) is 0 Å². The molecule has 7 heteroatoms. The highest BCUT2D eigenvalue weighted by molar-refractivity contribution is 8.01. The monoisotopic (exact) mass is 416 g/mol. The molecule has 0 bridgehead atoms. The summed E-state index contributed by atoms with van der Waals surface area (Å²) in [6.45, 7) is 1.71. The lowest BCUT2D eigenvalue weighted by molar-refractivity contribution is -0.155. The normalized spacial score (nSPS) is 27.0. The van der Waals surface area contributed by atoms with Crippen LogP contribution >= 0.6 is 11.8 Å². The predicted octanol–water partition coefficient (Wildman–Crippen LogP) is 3.35. The maximum Gasteiger partial charge on any atom is 0.330 e. The number of benzene rings is 1. The Labute approximate surface area is 175 Å². The van der Waals surface area contributed by atoms with Crippen molar-refractivity contribution in [2.24, 2.45) is 0 Å². The summed E-state index contributed by atoms with van der Waals surface area (Å²) in [7, 11) is 0. The first-order valence-corrected chi connectivity index (χ1v) is 11.5. The average molecular weight is 417 g/mol. The molecule has 0 N–H and O–H groups in total. The highest BCUT2D eigenvalue weighted by Gasteiger charge is 2.53. The molecule has 1 aliphatic carbocycles. The van der Waals surface area contributed by atoms with Crippen molar-refractivity contribution in [2.75, 3.05) is 17.3 Å². The molecule has 2 aliphatic heterocycles. The number of nitrogens with zero attached hydrogens (tertiary/aromatic N) is 2. The van der Waals surface area contributed by atoms with Gasteiger partial charge in [-0.1, -0.05) is 37.5 Å². The van der Waals surface area contributed by atoms with Crippen LogP contribution < -0.4 is 4.90 Å². The third-order valence-electron chi connectivity index (χ3n) is 6.30. The molecule has 6 nitrogen and oxygen atoms in total. The van der Waals surface area contributed by atoms with Gasteiger partial charge in [0.2, 0.25) is 5.91 Å². The van der Waals surface area contributed by atoms with Gasteiger partial charge in [0.1, 0.15) is 6.04 Å². The van der Waals surface area contributed by atoms with Crippen molar-refractivity contribution in [1.29, 1.82) is 0 Å². The average Bonchev–Trinajstić information content (AvgIpc) is 3.24. The molecular formula is C22H28N2O4S. The molecule has 4 rings (SSSR count). The number of hydrogen-bond acceptors (Lipinski definition) is 5. The Hall–Kier alpha value is -2.02. The van der Waals surface area contributed by atoms with Crippen LogP contribution in [0.5, 0.6) is 0 Å². The number of amides is 2. The summed E-state index contributed by atoms with van der Waals surface area (Å²) in [5, 5.41) is 0. The van der Waals surface area contributed by atoms with Gasteiger partial charge >= 0.3 is 5.97 Å². The Morgan fingerprint density at radius 3 is 2.66 bits per heavy atom. The molecule has 0 spiro atoms. The van der Waals surface area contributed by atoms with Gasteiger partial charge in [0.25, 0.3) is 5.91 Å². The van der Waals surface area contributed by atoms with E-state index in [0.29, 0.717) is 12.2 Å². The number of para-hydroxylation sites is 1. The van der Waals surface area contributed by atoms with Crippen LogP contribution in [0.1, 0.15) is 51.9 Å². The van der Waals surface area contributed by atoms with Crippen LogP contribution in [0.3, 0.4) is 0 Å². The fourth-order valence-corrected chi connectivity index (χ4v) is 6.20. The van der Waals surface area contributed by atoms with Gasteiger partial charge in [-0.15, -0.1) is 11.8 Å². The summed E-state index contributed by atoms with van der Waals surface area (Å²) >= 11 is 1.62. The first-order chi connectivity index (χ1) is 14.0. The Balaban J connectivity index is 1.43. The number of hydrogen-bond donors (Lipinski definition) is 0. The number of anilines is 1. The number of fused-ring (bicyclic) bond motifs is 1. The molecule has 1 saturated carbocycles. The number of ether oxygens (including phenoxy) is 1. The van der Waals surface area contributed by atoms with E-state index in [1.54, 1.807) is 21.6 Å². The van der Waals surface area contributed by atoms with Gasteiger partial charge in [0.15, 0.2) is 6.61 Å². The largest absolute Gasteiger partial charge is 0.454 e. The van der Waals surface area contributed by atoms with Gasteiger partial charge in [0, 0.05) is 23.9 Å². The first-order valence-electron chi connectivity index (χ1n) is 10.5. The standard InChI is InChI=1S/C22H28N2O4S/c1-22-13-12-19(25)24(22)18(15-29-22)21(27)28-14-20(26)23(16-8-4-2-5-9-16)17-10-6-3-7-11-17/h2,4-5,8-9,17-18H,3,6-7,10-15H2,1H3/t18-,22+/m0/s1. The number of rotatable bonds is 5. The third-order valence-corrected chi connectivity index (χ3v) is 7.80. The molecule has 2 amide bonds. The van der Waals surface area contributed by atoms with E-state index in [2.05, 4.69) is 0 Å². The summed E-state index contributed by atoms with van der Waals surface area (Å²) in [5.41, 5.74) is 0.846. The molecule has 0 aromatic heterocycles. The maximum atomic E-state index is 13.1. The molecule has 2 heterocycles. The Bertz CT molecular complexity index is 780. The zero-order valence-electron chi connectivity index (χ0n) is 16.8. The van der Waals surface area contributed by atoms with E-state index in [-0.39, 0.29) is 29.3 Å². The molecule has 1 aromatic carbocycles. The van der Waals surface area contributed by atoms with Crippen LogP contribution in [0.4, 0.5) is 5.69 Å². The van der Waals surface area contributed by atoms with Gasteiger partial charge < -0.3 is 14.5 Å². The van der Waals surface area contributed by atoms with Gasteiger partial charge in [-0.3, -0.25) is 9.59 Å². The van der Waals surface area contributed by atoms with Crippen molar-refractivity contribution in [3.8, 4) is 0 Å². The van der Waals surface area contributed by atoms with Crippen LogP contribution in [0.2, 0.25) is 0 Å². The second-order valence-corrected chi connectivity index (χ2v) is 9.77. The van der Waals surface area contributed by atoms with Gasteiger partial charge in [-0.25, -0.2) is 4.79 Å². The lowest BCUT2D eigenvalue weighted by Crippen LogP contribution is -2.48. The van der Waals surface area contributed by atoms with Crippen LogP contribution in [-0.2, 0) is 19.1 Å². The Morgan fingerprint density at radius 2 is 1.93 bits per heavy atom. The highest BCUT2D eigenvalue weighted by atomic mass is 32.2. The van der Waals surface area contributed by atoms with Gasteiger partial charge in [-0.2, -0.15) is 0 Å². The van der Waals surface area contributed by atoms with Crippen LogP contribution in [-0.4, -0.2) is 52.0 Å². The summed E-state index contributed by atoms with van der Waals surface area (Å²) in [6.07, 6.45) is 6.57. The van der Waals surface area contributed by atoms with E-state index in [0.717, 1.165) is 37.8 Å². The summed E-state index contributed by atoms with van der Waals surface area (Å²) < 4.78 is 5.45. The molecule has 29 heavy (non-hydrogen) atoms. The van der Waals surface area contributed by atoms with E-state index in [4.69, 9.17) is 4.74 Å². The lowest BCUT2D eigenvalue weighted by atomic mass is 9.93. The van der Waals surface area contributed by atoms with Crippen molar-refractivity contribution < 1.29 is 19.1 Å². The molecule has 1 aromatic rings. The number of thioether (sulfide) groups is 1. The number of carbonyl (C=O) groups excluding carboxylic acids is 3. The molecule has 2 saturated heterocycles. The van der Waals surface area contributed by atoms with Gasteiger partial charge in [0.05, 0.1) is 4.87 Å². The minimum Gasteiger partial charge on any atom is -0.454 e. The fraction of sp³-hybridized carbons (Fsp3) is 0.591. The zero-order valence-corrected chi connectivity index (χ0v) is 17.7. The van der Waals surface area contributed by atoms with E-state index < -0.39 is 12.0 Å². The smallest absolute Gasteiger partial charge is 0.330 e. The first kappa shape index (κ1) is 20.3. The van der Waals surface area contributed by atoms with E-state index in [1.165, 1.54) is 6.42 Å². The minimum absolute atomic E-state index is 0.00102. The number of esters is 1. The fourth-order valence-electron chi connectivity index (χ4n) is 4.78. The van der Waals surface area contributed by atoms with E-state index >= 15 is 0 Å². The van der Waals surface area contributed by atoms with Crippen molar-refractivity contribution >= 4 is 35.2 Å². The minimum atomic E-state index is -0.590.